The van der Waals surface area contributed by atoms with E-state index in [0.29, 0.717) is 0 Å². The van der Waals surface area contributed by atoms with Gasteiger partial charge in [0.05, 0.1) is 5.54 Å². The highest BCUT2D eigenvalue weighted by molar-refractivity contribution is 5.63. The molecule has 0 N–H and O–H groups in total. The number of allylic oxidation sites excluding steroid dienone is 3. The number of aryl methyl sites for hydroxylation is 1. The maximum Gasteiger partial charge on any atom is 0.0818 e. The first-order valence-electron chi connectivity index (χ1n) is 9.54. The lowest BCUT2D eigenvalue weighted by Gasteiger charge is -2.50. The molecular weight excluding hydrogens is 302 g/mol. The van der Waals surface area contributed by atoms with Crippen molar-refractivity contribution in [1.82, 2.24) is 0 Å². The predicted octanol–water partition coefficient (Wildman–Crippen LogP) is 6.81. The fraction of sp³-hybridized carbons (Fsp3) is 0.500. The summed E-state index contributed by atoms with van der Waals surface area (Å²) in [5, 5.41) is 0. The zero-order valence-electron chi connectivity index (χ0n) is 17.2. The van der Waals surface area contributed by atoms with Crippen LogP contribution in [-0.4, -0.2) is 5.54 Å². The van der Waals surface area contributed by atoms with E-state index in [0.717, 1.165) is 6.42 Å². The van der Waals surface area contributed by atoms with Crippen molar-refractivity contribution >= 4 is 5.69 Å². The Labute approximate surface area is 154 Å². The van der Waals surface area contributed by atoms with E-state index in [2.05, 4.69) is 103 Å². The average molecular weight is 336 g/mol. The first kappa shape index (κ1) is 18.0. The van der Waals surface area contributed by atoms with E-state index in [4.69, 9.17) is 0 Å². The van der Waals surface area contributed by atoms with Gasteiger partial charge in [0.2, 0.25) is 0 Å². The lowest BCUT2D eigenvalue weighted by molar-refractivity contribution is 0.384. The largest absolute Gasteiger partial charge is 0.335 e. The molecule has 1 nitrogen and oxygen atoms in total. The minimum atomic E-state index is -0.108. The summed E-state index contributed by atoms with van der Waals surface area (Å²) in [7, 11) is 0. The van der Waals surface area contributed by atoms with Crippen LogP contribution in [0, 0.1) is 17.8 Å². The molecule has 1 heteroatoms. The fourth-order valence-electron chi connectivity index (χ4n) is 5.02. The molecule has 0 saturated carbocycles. The van der Waals surface area contributed by atoms with Crippen LogP contribution in [0.3, 0.4) is 0 Å². The molecule has 1 aromatic carbocycles. The zero-order chi connectivity index (χ0) is 18.6. The van der Waals surface area contributed by atoms with Crippen LogP contribution in [0.15, 0.2) is 59.3 Å². The van der Waals surface area contributed by atoms with Gasteiger partial charge in [-0.2, -0.15) is 0 Å². The Kier molecular flexibility index (Phi) is 4.06. The van der Waals surface area contributed by atoms with Crippen molar-refractivity contribution in [2.45, 2.75) is 67.3 Å². The first-order valence-corrected chi connectivity index (χ1v) is 9.54. The summed E-state index contributed by atoms with van der Waals surface area (Å²) in [4.78, 5) is 2.47. The van der Waals surface area contributed by atoms with E-state index in [-0.39, 0.29) is 16.4 Å². The quantitative estimate of drug-likeness (QED) is 0.537. The van der Waals surface area contributed by atoms with Crippen molar-refractivity contribution in [2.75, 3.05) is 4.90 Å². The Morgan fingerprint density at radius 2 is 1.52 bits per heavy atom. The van der Waals surface area contributed by atoms with Gasteiger partial charge in [-0.25, -0.2) is 0 Å². The maximum atomic E-state index is 2.50. The summed E-state index contributed by atoms with van der Waals surface area (Å²) >= 11 is 0. The molecule has 1 aliphatic heterocycles. The number of anilines is 1. The van der Waals surface area contributed by atoms with Crippen molar-refractivity contribution < 1.29 is 0 Å². The lowest BCUT2D eigenvalue weighted by Crippen LogP contribution is -2.47. The number of hydrogen-bond donors (Lipinski definition) is 0. The van der Waals surface area contributed by atoms with Gasteiger partial charge < -0.3 is 4.90 Å². The van der Waals surface area contributed by atoms with Crippen molar-refractivity contribution in [3.63, 3.8) is 0 Å². The van der Waals surface area contributed by atoms with Crippen LogP contribution in [-0.2, 0) is 0 Å². The Bertz CT molecular complexity index is 771. The highest BCUT2D eigenvalue weighted by atomic mass is 15.2. The molecule has 1 aliphatic carbocycles. The summed E-state index contributed by atoms with van der Waals surface area (Å²) < 4.78 is 0. The third kappa shape index (κ3) is 2.60. The van der Waals surface area contributed by atoms with E-state index < -0.39 is 0 Å². The fourth-order valence-corrected chi connectivity index (χ4v) is 5.02. The molecular formula is C24H33N. The molecule has 2 bridgehead atoms. The molecule has 134 valence electrons. The van der Waals surface area contributed by atoms with Gasteiger partial charge in [-0.15, -0.1) is 0 Å². The number of rotatable bonds is 2. The number of hydrogen-bond acceptors (Lipinski definition) is 1. The van der Waals surface area contributed by atoms with Gasteiger partial charge in [-0.3, -0.25) is 0 Å². The van der Waals surface area contributed by atoms with E-state index >= 15 is 0 Å². The summed E-state index contributed by atoms with van der Waals surface area (Å²) in [6.07, 6.45) is 8.29. The number of benzene rings is 1. The van der Waals surface area contributed by atoms with Gasteiger partial charge >= 0.3 is 0 Å². The predicted molar refractivity (Wildman–Crippen MR) is 110 cm³/mol. The smallest absolute Gasteiger partial charge is 0.0818 e. The lowest BCUT2D eigenvalue weighted by atomic mass is 9.59. The Morgan fingerprint density at radius 3 is 2.08 bits per heavy atom. The molecule has 1 aromatic rings. The Balaban J connectivity index is 2.31. The highest BCUT2D eigenvalue weighted by Crippen LogP contribution is 2.56. The molecule has 1 atom stereocenters. The van der Waals surface area contributed by atoms with Gasteiger partial charge in [0.25, 0.3) is 0 Å². The van der Waals surface area contributed by atoms with Crippen LogP contribution >= 0.6 is 0 Å². The van der Waals surface area contributed by atoms with E-state index in [1.54, 1.807) is 11.1 Å². The third-order valence-corrected chi connectivity index (χ3v) is 6.47. The molecule has 1 unspecified atom stereocenters. The molecule has 3 rings (SSSR count). The second-order valence-corrected chi connectivity index (χ2v) is 9.05. The van der Waals surface area contributed by atoms with Gasteiger partial charge in [-0.05, 0) is 50.5 Å². The van der Waals surface area contributed by atoms with Crippen LogP contribution in [0.1, 0.15) is 60.5 Å². The van der Waals surface area contributed by atoms with Crippen molar-refractivity contribution in [2.24, 2.45) is 10.8 Å². The average Bonchev–Trinajstić information content (AvgIpc) is 2.59. The number of fused-ring (bicyclic) bond motifs is 1. The van der Waals surface area contributed by atoms with Crippen molar-refractivity contribution in [3.05, 3.63) is 64.9 Å². The molecule has 0 radical (unpaired) electrons. The second-order valence-electron chi connectivity index (χ2n) is 9.05. The van der Waals surface area contributed by atoms with Crippen LogP contribution < -0.4 is 4.90 Å². The topological polar surface area (TPSA) is 3.24 Å². The third-order valence-electron chi connectivity index (χ3n) is 6.47. The van der Waals surface area contributed by atoms with Gasteiger partial charge in [0.1, 0.15) is 0 Å². The standard InChI is InChI=1S/C24H33N/c1-9-20-21-22(4,5)14-15-25(19-12-10-17(2)11-13-19)24(20,8)16-18(3)23(21,6)7/h10-16H,9H2,1-8H3. The monoisotopic (exact) mass is 335 g/mol. The van der Waals surface area contributed by atoms with Crippen molar-refractivity contribution in [3.8, 4) is 0 Å². The Morgan fingerprint density at radius 1 is 0.920 bits per heavy atom. The number of nitrogens with zero attached hydrogens (tertiary/aromatic N) is 1. The molecule has 0 amide bonds. The molecule has 0 spiro atoms. The van der Waals surface area contributed by atoms with Gasteiger partial charge in [0.15, 0.2) is 0 Å². The van der Waals surface area contributed by atoms with Crippen molar-refractivity contribution in [1.29, 1.82) is 0 Å². The van der Waals surface area contributed by atoms with Crippen LogP contribution in [0.25, 0.3) is 0 Å². The summed E-state index contributed by atoms with van der Waals surface area (Å²) in [6.45, 7) is 18.7. The molecule has 0 fully saturated rings. The summed E-state index contributed by atoms with van der Waals surface area (Å²) in [5.41, 5.74) is 7.23. The van der Waals surface area contributed by atoms with E-state index in [1.165, 1.54) is 16.8 Å². The maximum absolute atomic E-state index is 2.50. The van der Waals surface area contributed by atoms with Crippen LogP contribution in [0.5, 0.6) is 0 Å². The van der Waals surface area contributed by atoms with Gasteiger partial charge in [-0.1, -0.05) is 70.0 Å². The van der Waals surface area contributed by atoms with Gasteiger partial charge in [0, 0.05) is 22.7 Å². The van der Waals surface area contributed by atoms with Crippen LogP contribution in [0.2, 0.25) is 0 Å². The summed E-state index contributed by atoms with van der Waals surface area (Å²) in [5.74, 6) is 0. The minimum absolute atomic E-state index is 0.0467. The molecule has 1 heterocycles. The zero-order valence-corrected chi connectivity index (χ0v) is 17.2. The van der Waals surface area contributed by atoms with E-state index in [1.807, 2.05) is 0 Å². The van der Waals surface area contributed by atoms with E-state index in [9.17, 15) is 0 Å². The van der Waals surface area contributed by atoms with Crippen LogP contribution in [0.4, 0.5) is 5.69 Å². The molecule has 0 aromatic heterocycles. The molecule has 25 heavy (non-hydrogen) atoms. The Hall–Kier alpha value is -1.76. The SMILES string of the molecule is CCC1=C2C(C)(C)C=CN(c3ccc(C)cc3)C1(C)C=C(C)C2(C)C. The second kappa shape index (κ2) is 5.62. The molecule has 0 saturated heterocycles. The summed E-state index contributed by atoms with van der Waals surface area (Å²) in [6, 6.07) is 8.92. The minimum Gasteiger partial charge on any atom is -0.335 e. The highest BCUT2D eigenvalue weighted by Gasteiger charge is 2.48. The molecule has 2 aliphatic rings. The normalized spacial score (nSPS) is 27.2. The first-order chi connectivity index (χ1) is 11.5.